The zero-order valence-electron chi connectivity index (χ0n) is 11.0. The molecule has 0 unspecified atom stereocenters. The van der Waals surface area contributed by atoms with Crippen molar-refractivity contribution in [2.24, 2.45) is 0 Å². The van der Waals surface area contributed by atoms with Gasteiger partial charge in [-0.1, -0.05) is 18.2 Å². The number of hydrogen-bond donors (Lipinski definition) is 2. The van der Waals surface area contributed by atoms with Crippen LogP contribution in [0.15, 0.2) is 30.5 Å². The van der Waals surface area contributed by atoms with Crippen LogP contribution in [0.3, 0.4) is 0 Å². The summed E-state index contributed by atoms with van der Waals surface area (Å²) in [6, 6.07) is 7.84. The summed E-state index contributed by atoms with van der Waals surface area (Å²) in [4.78, 5) is 17.7. The second-order valence-electron chi connectivity index (χ2n) is 4.98. The van der Waals surface area contributed by atoms with E-state index in [1.54, 1.807) is 6.20 Å². The summed E-state index contributed by atoms with van der Waals surface area (Å²) in [5, 5.41) is 2.96. The molecule has 0 radical (unpaired) electrons. The lowest BCUT2D eigenvalue weighted by molar-refractivity contribution is 0.0664. The molecule has 1 aromatic carbocycles. The number of aromatic nitrogens is 1. The number of piperazine rings is 1. The SMILES string of the molecule is CN1CCN(NC(=O)c2c[nH]c3ccccc23)CC1. The number of fused-ring (bicyclic) bond motifs is 1. The number of H-pyrrole nitrogens is 1. The normalized spacial score (nSPS) is 17.7. The molecule has 5 nitrogen and oxygen atoms in total. The Labute approximate surface area is 112 Å². The van der Waals surface area contributed by atoms with Crippen LogP contribution >= 0.6 is 0 Å². The molecule has 5 heteroatoms. The first-order chi connectivity index (χ1) is 9.24. The van der Waals surface area contributed by atoms with Crippen LogP contribution in [0.25, 0.3) is 10.9 Å². The Balaban J connectivity index is 1.73. The van der Waals surface area contributed by atoms with Crippen molar-refractivity contribution in [3.63, 3.8) is 0 Å². The fourth-order valence-corrected chi connectivity index (χ4v) is 2.38. The van der Waals surface area contributed by atoms with E-state index in [1.807, 2.05) is 29.3 Å². The molecular weight excluding hydrogens is 240 g/mol. The molecule has 1 aliphatic heterocycles. The van der Waals surface area contributed by atoms with Gasteiger partial charge in [0.1, 0.15) is 0 Å². The summed E-state index contributed by atoms with van der Waals surface area (Å²) in [5.74, 6) is -0.0398. The molecule has 0 atom stereocenters. The lowest BCUT2D eigenvalue weighted by atomic mass is 10.2. The number of hydrazine groups is 1. The van der Waals surface area contributed by atoms with Crippen LogP contribution in [0.4, 0.5) is 0 Å². The van der Waals surface area contributed by atoms with E-state index in [0.717, 1.165) is 37.1 Å². The third kappa shape index (κ3) is 2.47. The lowest BCUT2D eigenvalue weighted by Gasteiger charge is -2.32. The quantitative estimate of drug-likeness (QED) is 0.847. The van der Waals surface area contributed by atoms with Crippen LogP contribution in [0, 0.1) is 0 Å². The van der Waals surface area contributed by atoms with Gasteiger partial charge in [-0.3, -0.25) is 10.2 Å². The van der Waals surface area contributed by atoms with Crippen molar-refractivity contribution in [1.82, 2.24) is 20.3 Å². The molecule has 1 aromatic heterocycles. The molecule has 100 valence electrons. The molecule has 0 spiro atoms. The van der Waals surface area contributed by atoms with E-state index in [-0.39, 0.29) is 5.91 Å². The van der Waals surface area contributed by atoms with Gasteiger partial charge in [-0.15, -0.1) is 0 Å². The highest BCUT2D eigenvalue weighted by Gasteiger charge is 2.18. The number of carbonyl (C=O) groups is 1. The van der Waals surface area contributed by atoms with Gasteiger partial charge in [0.15, 0.2) is 0 Å². The highest BCUT2D eigenvalue weighted by Crippen LogP contribution is 2.17. The molecule has 0 saturated carbocycles. The molecule has 19 heavy (non-hydrogen) atoms. The Morgan fingerprint density at radius 2 is 1.95 bits per heavy atom. The fourth-order valence-electron chi connectivity index (χ4n) is 2.38. The Hall–Kier alpha value is -1.85. The van der Waals surface area contributed by atoms with E-state index in [0.29, 0.717) is 5.56 Å². The smallest absolute Gasteiger partial charge is 0.267 e. The van der Waals surface area contributed by atoms with Crippen molar-refractivity contribution in [2.45, 2.75) is 0 Å². The summed E-state index contributed by atoms with van der Waals surface area (Å²) in [5.41, 5.74) is 4.68. The zero-order chi connectivity index (χ0) is 13.2. The van der Waals surface area contributed by atoms with Gasteiger partial charge in [0.2, 0.25) is 0 Å². The van der Waals surface area contributed by atoms with Crippen LogP contribution in [0.1, 0.15) is 10.4 Å². The summed E-state index contributed by atoms with van der Waals surface area (Å²) >= 11 is 0. The first-order valence-corrected chi connectivity index (χ1v) is 6.54. The third-order valence-corrected chi connectivity index (χ3v) is 3.60. The monoisotopic (exact) mass is 258 g/mol. The second-order valence-corrected chi connectivity index (χ2v) is 4.98. The highest BCUT2D eigenvalue weighted by atomic mass is 16.2. The number of hydrogen-bond acceptors (Lipinski definition) is 3. The topological polar surface area (TPSA) is 51.4 Å². The van der Waals surface area contributed by atoms with Gasteiger partial charge in [0.05, 0.1) is 5.56 Å². The van der Waals surface area contributed by atoms with E-state index in [9.17, 15) is 4.79 Å². The summed E-state index contributed by atoms with van der Waals surface area (Å²) in [6.07, 6.45) is 1.77. The van der Waals surface area contributed by atoms with Gasteiger partial charge in [0.25, 0.3) is 5.91 Å². The molecule has 0 aliphatic carbocycles. The van der Waals surface area contributed by atoms with E-state index >= 15 is 0 Å². The van der Waals surface area contributed by atoms with E-state index < -0.39 is 0 Å². The standard InChI is InChI=1S/C14H18N4O/c1-17-6-8-18(9-7-17)16-14(19)12-10-15-13-5-3-2-4-11(12)13/h2-5,10,15H,6-9H2,1H3,(H,16,19). The third-order valence-electron chi connectivity index (χ3n) is 3.60. The maximum absolute atomic E-state index is 12.3. The molecule has 1 fully saturated rings. The van der Waals surface area contributed by atoms with E-state index in [1.165, 1.54) is 0 Å². The average Bonchev–Trinajstić information content (AvgIpc) is 2.85. The minimum atomic E-state index is -0.0398. The molecule has 1 aliphatic rings. The summed E-state index contributed by atoms with van der Waals surface area (Å²) in [6.45, 7) is 3.69. The van der Waals surface area contributed by atoms with Crippen molar-refractivity contribution < 1.29 is 4.79 Å². The van der Waals surface area contributed by atoms with Gasteiger partial charge in [-0.05, 0) is 13.1 Å². The molecular formula is C14H18N4O. The number of carbonyl (C=O) groups excluding carboxylic acids is 1. The number of aromatic amines is 1. The zero-order valence-corrected chi connectivity index (χ0v) is 11.0. The largest absolute Gasteiger partial charge is 0.360 e. The van der Waals surface area contributed by atoms with Crippen molar-refractivity contribution in [2.75, 3.05) is 33.2 Å². The van der Waals surface area contributed by atoms with Gasteiger partial charge < -0.3 is 9.88 Å². The Bertz CT molecular complexity index is 584. The van der Waals surface area contributed by atoms with E-state index in [4.69, 9.17) is 0 Å². The fraction of sp³-hybridized carbons (Fsp3) is 0.357. The molecule has 1 amide bonds. The average molecular weight is 258 g/mol. The van der Waals surface area contributed by atoms with Crippen molar-refractivity contribution in [1.29, 1.82) is 0 Å². The van der Waals surface area contributed by atoms with Crippen molar-refractivity contribution >= 4 is 16.8 Å². The molecule has 3 rings (SSSR count). The lowest BCUT2D eigenvalue weighted by Crippen LogP contribution is -2.52. The molecule has 1 saturated heterocycles. The maximum Gasteiger partial charge on any atom is 0.267 e. The number of amides is 1. The number of likely N-dealkylation sites (N-methyl/N-ethyl adjacent to an activating group) is 1. The van der Waals surface area contributed by atoms with Gasteiger partial charge >= 0.3 is 0 Å². The van der Waals surface area contributed by atoms with Gasteiger partial charge in [0, 0.05) is 43.3 Å². The van der Waals surface area contributed by atoms with E-state index in [2.05, 4.69) is 22.4 Å². The van der Waals surface area contributed by atoms with Crippen LogP contribution < -0.4 is 5.43 Å². The van der Waals surface area contributed by atoms with Crippen molar-refractivity contribution in [3.05, 3.63) is 36.0 Å². The van der Waals surface area contributed by atoms with Crippen molar-refractivity contribution in [3.8, 4) is 0 Å². The first kappa shape index (κ1) is 12.2. The van der Waals surface area contributed by atoms with Crippen LogP contribution in [0.2, 0.25) is 0 Å². The van der Waals surface area contributed by atoms with Gasteiger partial charge in [-0.2, -0.15) is 0 Å². The Morgan fingerprint density at radius 3 is 2.74 bits per heavy atom. The number of benzene rings is 1. The van der Waals surface area contributed by atoms with Crippen LogP contribution in [-0.2, 0) is 0 Å². The minimum Gasteiger partial charge on any atom is -0.360 e. The maximum atomic E-state index is 12.3. The predicted octanol–water partition coefficient (Wildman–Crippen LogP) is 1.06. The van der Waals surface area contributed by atoms with Gasteiger partial charge in [-0.25, -0.2) is 5.01 Å². The highest BCUT2D eigenvalue weighted by molar-refractivity contribution is 6.06. The molecule has 2 aromatic rings. The Morgan fingerprint density at radius 1 is 1.21 bits per heavy atom. The van der Waals surface area contributed by atoms with Crippen LogP contribution in [-0.4, -0.2) is 54.0 Å². The summed E-state index contributed by atoms with van der Waals surface area (Å²) < 4.78 is 0. The minimum absolute atomic E-state index is 0.0398. The first-order valence-electron chi connectivity index (χ1n) is 6.54. The number of rotatable bonds is 2. The molecule has 2 heterocycles. The number of nitrogens with zero attached hydrogens (tertiary/aromatic N) is 2. The second kappa shape index (κ2) is 5.03. The number of nitrogens with one attached hydrogen (secondary N) is 2. The number of para-hydroxylation sites is 1. The molecule has 2 N–H and O–H groups in total. The summed E-state index contributed by atoms with van der Waals surface area (Å²) in [7, 11) is 2.10. The molecule has 0 bridgehead atoms. The van der Waals surface area contributed by atoms with Crippen LogP contribution in [0.5, 0.6) is 0 Å². The predicted molar refractivity (Wildman–Crippen MR) is 74.8 cm³/mol. The Kier molecular flexibility index (Phi) is 3.23.